The van der Waals surface area contributed by atoms with Gasteiger partial charge in [-0.05, 0) is 24.3 Å². The zero-order valence-electron chi connectivity index (χ0n) is 13.6. The third-order valence-corrected chi connectivity index (χ3v) is 6.09. The van der Waals surface area contributed by atoms with Crippen LogP contribution in [0.4, 0.5) is 5.69 Å². The fourth-order valence-corrected chi connectivity index (χ4v) is 3.93. The molecule has 136 valence electrons. The Labute approximate surface area is 151 Å². The van der Waals surface area contributed by atoms with Crippen LogP contribution in [0.1, 0.15) is 0 Å². The van der Waals surface area contributed by atoms with Crippen LogP contribution in [-0.4, -0.2) is 37.3 Å². The van der Waals surface area contributed by atoms with Gasteiger partial charge < -0.3 is 9.47 Å². The molecule has 0 aliphatic rings. The lowest BCUT2D eigenvalue weighted by atomic mass is 10.3. The number of nitrogens with one attached hydrogen (secondary N) is 1. The maximum absolute atomic E-state index is 12.5. The van der Waals surface area contributed by atoms with E-state index in [9.17, 15) is 16.8 Å². The minimum absolute atomic E-state index is 0.0252. The minimum atomic E-state index is -3.97. The maximum Gasteiger partial charge on any atom is 0.262 e. The zero-order valence-corrected chi connectivity index (χ0v) is 16.0. The van der Waals surface area contributed by atoms with Gasteiger partial charge in [-0.1, -0.05) is 11.6 Å². The van der Waals surface area contributed by atoms with E-state index in [1.165, 1.54) is 50.6 Å². The highest BCUT2D eigenvalue weighted by Gasteiger charge is 2.19. The molecule has 0 radical (unpaired) electrons. The monoisotopic (exact) mass is 405 g/mol. The van der Waals surface area contributed by atoms with Crippen LogP contribution in [0, 0.1) is 0 Å². The van der Waals surface area contributed by atoms with Crippen LogP contribution >= 0.6 is 11.6 Å². The Bertz CT molecular complexity index is 985. The van der Waals surface area contributed by atoms with Crippen molar-refractivity contribution in [3.05, 3.63) is 41.4 Å². The molecule has 0 saturated carbocycles. The van der Waals surface area contributed by atoms with Crippen molar-refractivity contribution in [1.29, 1.82) is 0 Å². The third-order valence-electron chi connectivity index (χ3n) is 3.28. The van der Waals surface area contributed by atoms with E-state index in [1.54, 1.807) is 0 Å². The second-order valence-electron chi connectivity index (χ2n) is 5.04. The number of sulfonamides is 1. The van der Waals surface area contributed by atoms with Crippen LogP contribution in [0.25, 0.3) is 0 Å². The van der Waals surface area contributed by atoms with Crippen LogP contribution in [0.5, 0.6) is 11.5 Å². The molecule has 0 atom stereocenters. The quantitative estimate of drug-likeness (QED) is 0.792. The molecule has 2 aromatic rings. The van der Waals surface area contributed by atoms with Gasteiger partial charge >= 0.3 is 0 Å². The standard InChI is InChI=1S/C15H16ClNO6S2/c1-22-14-9-13(15(23-2)8-12(14)16)17-25(20,21)11-6-4-10(5-7-11)24(3,18)19/h4-9,17H,1-3H3. The van der Waals surface area contributed by atoms with Crippen molar-refractivity contribution in [1.82, 2.24) is 0 Å². The van der Waals surface area contributed by atoms with Gasteiger partial charge in [0, 0.05) is 18.4 Å². The molecule has 0 spiro atoms. The van der Waals surface area contributed by atoms with Crippen molar-refractivity contribution in [3.8, 4) is 11.5 Å². The van der Waals surface area contributed by atoms with E-state index in [0.717, 1.165) is 6.26 Å². The summed E-state index contributed by atoms with van der Waals surface area (Å²) in [7, 11) is -4.61. The summed E-state index contributed by atoms with van der Waals surface area (Å²) in [6.45, 7) is 0. The molecule has 0 unspecified atom stereocenters. The maximum atomic E-state index is 12.5. The SMILES string of the molecule is COc1cc(NS(=O)(=O)c2ccc(S(C)(=O)=O)cc2)c(OC)cc1Cl. The summed E-state index contributed by atoms with van der Waals surface area (Å²) in [4.78, 5) is -0.0759. The molecule has 0 saturated heterocycles. The number of anilines is 1. The highest BCUT2D eigenvalue weighted by Crippen LogP contribution is 2.36. The van der Waals surface area contributed by atoms with Crippen LogP contribution in [0.15, 0.2) is 46.2 Å². The number of rotatable bonds is 6. The van der Waals surface area contributed by atoms with E-state index in [-0.39, 0.29) is 32.0 Å². The van der Waals surface area contributed by atoms with Crippen molar-refractivity contribution >= 4 is 37.1 Å². The topological polar surface area (TPSA) is 98.8 Å². The molecular weight excluding hydrogens is 390 g/mol. The van der Waals surface area contributed by atoms with Crippen LogP contribution in [0.2, 0.25) is 5.02 Å². The molecule has 0 aromatic heterocycles. The predicted octanol–water partition coefficient (Wildman–Crippen LogP) is 2.56. The number of sulfone groups is 1. The van der Waals surface area contributed by atoms with Crippen LogP contribution in [-0.2, 0) is 19.9 Å². The summed E-state index contributed by atoms with van der Waals surface area (Å²) in [5.41, 5.74) is 0.135. The van der Waals surface area contributed by atoms with E-state index in [4.69, 9.17) is 21.1 Å². The minimum Gasteiger partial charge on any atom is -0.495 e. The summed E-state index contributed by atoms with van der Waals surface area (Å²) in [6, 6.07) is 7.68. The average Bonchev–Trinajstić information content (AvgIpc) is 2.55. The third kappa shape index (κ3) is 4.36. The molecule has 0 fully saturated rings. The fourth-order valence-electron chi connectivity index (χ4n) is 2.01. The first-order valence-electron chi connectivity index (χ1n) is 6.83. The van der Waals surface area contributed by atoms with Crippen LogP contribution < -0.4 is 14.2 Å². The number of hydrogen-bond donors (Lipinski definition) is 1. The Morgan fingerprint density at radius 2 is 1.40 bits per heavy atom. The Morgan fingerprint density at radius 3 is 1.88 bits per heavy atom. The molecule has 0 bridgehead atoms. The number of halogens is 1. The number of methoxy groups -OCH3 is 2. The Balaban J connectivity index is 2.42. The molecule has 0 amide bonds. The molecule has 0 aliphatic carbocycles. The molecule has 0 heterocycles. The second kappa shape index (κ2) is 7.11. The van der Waals surface area contributed by atoms with E-state index < -0.39 is 19.9 Å². The zero-order chi connectivity index (χ0) is 18.8. The van der Waals surface area contributed by atoms with Crippen molar-refractivity contribution in [2.45, 2.75) is 9.79 Å². The average molecular weight is 406 g/mol. The van der Waals surface area contributed by atoms with Gasteiger partial charge in [-0.15, -0.1) is 0 Å². The first-order chi connectivity index (χ1) is 11.6. The Hall–Kier alpha value is -1.97. The molecular formula is C15H16ClNO6S2. The number of ether oxygens (including phenoxy) is 2. The molecule has 1 N–H and O–H groups in total. The molecule has 25 heavy (non-hydrogen) atoms. The molecule has 2 rings (SSSR count). The fraction of sp³-hybridized carbons (Fsp3) is 0.200. The Morgan fingerprint density at radius 1 is 0.880 bits per heavy atom. The smallest absolute Gasteiger partial charge is 0.262 e. The molecule has 7 nitrogen and oxygen atoms in total. The van der Waals surface area contributed by atoms with Crippen LogP contribution in [0.3, 0.4) is 0 Å². The van der Waals surface area contributed by atoms with Gasteiger partial charge in [0.05, 0.1) is 34.7 Å². The van der Waals surface area contributed by atoms with Gasteiger partial charge in [0.1, 0.15) is 11.5 Å². The normalized spacial score (nSPS) is 11.8. The van der Waals surface area contributed by atoms with E-state index in [1.807, 2.05) is 0 Å². The summed E-state index contributed by atoms with van der Waals surface area (Å²) in [5, 5.41) is 0.264. The van der Waals surface area contributed by atoms with Gasteiger partial charge in [-0.2, -0.15) is 0 Å². The molecule has 10 heteroatoms. The lowest BCUT2D eigenvalue weighted by molar-refractivity contribution is 0.405. The molecule has 2 aromatic carbocycles. The van der Waals surface area contributed by atoms with Crippen molar-refractivity contribution in [2.24, 2.45) is 0 Å². The summed E-state index contributed by atoms with van der Waals surface area (Å²) in [6.07, 6.45) is 1.04. The largest absolute Gasteiger partial charge is 0.495 e. The van der Waals surface area contributed by atoms with E-state index >= 15 is 0 Å². The number of benzene rings is 2. The first kappa shape index (κ1) is 19.4. The highest BCUT2D eigenvalue weighted by molar-refractivity contribution is 7.92. The van der Waals surface area contributed by atoms with Crippen molar-refractivity contribution in [2.75, 3.05) is 25.2 Å². The lowest BCUT2D eigenvalue weighted by Crippen LogP contribution is -2.14. The number of hydrogen-bond acceptors (Lipinski definition) is 6. The summed E-state index contributed by atoms with van der Waals surface area (Å²) in [5.74, 6) is 0.481. The summed E-state index contributed by atoms with van der Waals surface area (Å²) >= 11 is 5.99. The van der Waals surface area contributed by atoms with Crippen molar-refractivity contribution < 1.29 is 26.3 Å². The second-order valence-corrected chi connectivity index (χ2v) is 9.14. The van der Waals surface area contributed by atoms with Gasteiger partial charge in [0.15, 0.2) is 9.84 Å². The summed E-state index contributed by atoms with van der Waals surface area (Å²) < 4.78 is 60.5. The lowest BCUT2D eigenvalue weighted by Gasteiger charge is -2.14. The Kier molecular flexibility index (Phi) is 5.50. The molecule has 0 aliphatic heterocycles. The predicted molar refractivity (Wildman–Crippen MR) is 94.9 cm³/mol. The van der Waals surface area contributed by atoms with Gasteiger partial charge in [-0.25, -0.2) is 16.8 Å². The van der Waals surface area contributed by atoms with Gasteiger partial charge in [0.25, 0.3) is 10.0 Å². The highest BCUT2D eigenvalue weighted by atomic mass is 35.5. The first-order valence-corrected chi connectivity index (χ1v) is 10.6. The van der Waals surface area contributed by atoms with Gasteiger partial charge in [0.2, 0.25) is 0 Å². The van der Waals surface area contributed by atoms with Gasteiger partial charge in [-0.3, -0.25) is 4.72 Å². The van der Waals surface area contributed by atoms with Crippen molar-refractivity contribution in [3.63, 3.8) is 0 Å². The van der Waals surface area contributed by atoms with E-state index in [0.29, 0.717) is 0 Å². The van der Waals surface area contributed by atoms with E-state index in [2.05, 4.69) is 4.72 Å².